The molecule has 0 amide bonds. The van der Waals surface area contributed by atoms with Gasteiger partial charge in [-0.2, -0.15) is 8.42 Å². The largest absolute Gasteiger partial charge is 0.308 e. The number of hydrogen-bond acceptors (Lipinski definition) is 5. The van der Waals surface area contributed by atoms with Crippen LogP contribution in [-0.4, -0.2) is 18.3 Å². The van der Waals surface area contributed by atoms with Crippen molar-refractivity contribution in [3.05, 3.63) is 34.1 Å². The zero-order chi connectivity index (χ0) is 10.8. The first-order valence-electron chi connectivity index (χ1n) is 3.40. The van der Waals surface area contributed by atoms with Gasteiger partial charge in [-0.05, 0) is 6.07 Å². The van der Waals surface area contributed by atoms with Gasteiger partial charge in [0.15, 0.2) is 0 Å². The maximum absolute atomic E-state index is 12.1. The standard InChI is InChI=1S/C6H5FN2O4S/c7-14(12,13)4-5-1-2-6(3-8-5)9(10)11/h1-3H,4H2. The van der Waals surface area contributed by atoms with Crippen molar-refractivity contribution in [2.75, 3.05) is 0 Å². The molecule has 0 radical (unpaired) electrons. The topological polar surface area (TPSA) is 90.2 Å². The van der Waals surface area contributed by atoms with Crippen molar-refractivity contribution in [1.29, 1.82) is 0 Å². The summed E-state index contributed by atoms with van der Waals surface area (Å²) in [5.74, 6) is -0.870. The first kappa shape index (κ1) is 10.5. The smallest absolute Gasteiger partial charge is 0.258 e. The Morgan fingerprint density at radius 3 is 2.50 bits per heavy atom. The summed E-state index contributed by atoms with van der Waals surface area (Å²) in [6.07, 6.45) is 0.876. The molecule has 14 heavy (non-hydrogen) atoms. The minimum absolute atomic E-state index is 0.0712. The minimum Gasteiger partial charge on any atom is -0.258 e. The molecular weight excluding hydrogens is 215 g/mol. The normalized spacial score (nSPS) is 11.2. The van der Waals surface area contributed by atoms with Crippen molar-refractivity contribution >= 4 is 15.9 Å². The van der Waals surface area contributed by atoms with E-state index in [1.807, 2.05) is 0 Å². The van der Waals surface area contributed by atoms with Crippen LogP contribution in [0.5, 0.6) is 0 Å². The lowest BCUT2D eigenvalue weighted by Gasteiger charge is -1.95. The van der Waals surface area contributed by atoms with Gasteiger partial charge in [0, 0.05) is 6.07 Å². The molecule has 1 aromatic heterocycles. The van der Waals surface area contributed by atoms with Gasteiger partial charge in [-0.25, -0.2) is 0 Å². The summed E-state index contributed by atoms with van der Waals surface area (Å²) >= 11 is 0. The Morgan fingerprint density at radius 2 is 2.14 bits per heavy atom. The molecule has 0 aliphatic carbocycles. The molecular formula is C6H5FN2O4S. The van der Waals surface area contributed by atoms with Crippen LogP contribution in [0.1, 0.15) is 5.69 Å². The number of pyridine rings is 1. The fraction of sp³-hybridized carbons (Fsp3) is 0.167. The number of halogens is 1. The molecule has 0 saturated carbocycles. The maximum Gasteiger partial charge on any atom is 0.308 e. The van der Waals surface area contributed by atoms with Crippen molar-refractivity contribution in [2.24, 2.45) is 0 Å². The van der Waals surface area contributed by atoms with Gasteiger partial charge in [0.1, 0.15) is 11.9 Å². The van der Waals surface area contributed by atoms with Gasteiger partial charge in [-0.15, -0.1) is 3.89 Å². The Bertz CT molecular complexity index is 441. The van der Waals surface area contributed by atoms with E-state index >= 15 is 0 Å². The Morgan fingerprint density at radius 1 is 1.50 bits per heavy atom. The quantitative estimate of drug-likeness (QED) is 0.426. The highest BCUT2D eigenvalue weighted by molar-refractivity contribution is 7.85. The lowest BCUT2D eigenvalue weighted by atomic mass is 10.3. The van der Waals surface area contributed by atoms with Crippen molar-refractivity contribution in [2.45, 2.75) is 5.75 Å². The van der Waals surface area contributed by atoms with Gasteiger partial charge in [0.25, 0.3) is 5.69 Å². The van der Waals surface area contributed by atoms with Gasteiger partial charge in [0.2, 0.25) is 0 Å². The van der Waals surface area contributed by atoms with Crippen molar-refractivity contribution in [1.82, 2.24) is 4.98 Å². The third-order valence-electron chi connectivity index (χ3n) is 1.34. The molecule has 0 aromatic carbocycles. The summed E-state index contributed by atoms with van der Waals surface area (Å²) < 4.78 is 32.5. The molecule has 0 saturated heterocycles. The lowest BCUT2D eigenvalue weighted by molar-refractivity contribution is -0.385. The van der Waals surface area contributed by atoms with Crippen LogP contribution in [0.4, 0.5) is 9.57 Å². The second-order valence-electron chi connectivity index (χ2n) is 2.45. The summed E-state index contributed by atoms with van der Waals surface area (Å²) in [6.45, 7) is 0. The molecule has 0 fully saturated rings. The first-order chi connectivity index (χ1) is 6.38. The van der Waals surface area contributed by atoms with E-state index in [0.717, 1.165) is 18.3 Å². The summed E-state index contributed by atoms with van der Waals surface area (Å²) in [6, 6.07) is 2.16. The summed E-state index contributed by atoms with van der Waals surface area (Å²) in [4.78, 5) is 12.9. The average Bonchev–Trinajstić information content (AvgIpc) is 2.02. The minimum atomic E-state index is -4.64. The molecule has 1 aromatic rings. The molecule has 0 aliphatic rings. The van der Waals surface area contributed by atoms with E-state index in [-0.39, 0.29) is 11.4 Å². The van der Waals surface area contributed by atoms with Crippen LogP contribution in [0.25, 0.3) is 0 Å². The maximum atomic E-state index is 12.1. The van der Waals surface area contributed by atoms with Crippen LogP contribution in [-0.2, 0) is 16.0 Å². The van der Waals surface area contributed by atoms with Gasteiger partial charge in [0.05, 0.1) is 10.6 Å². The van der Waals surface area contributed by atoms with Crippen LogP contribution >= 0.6 is 0 Å². The number of rotatable bonds is 3. The molecule has 0 bridgehead atoms. The first-order valence-corrected chi connectivity index (χ1v) is 4.95. The van der Waals surface area contributed by atoms with Crippen molar-refractivity contribution < 1.29 is 17.2 Å². The SMILES string of the molecule is O=[N+]([O-])c1ccc(CS(=O)(=O)F)nc1. The van der Waals surface area contributed by atoms with Gasteiger partial charge in [-0.3, -0.25) is 15.1 Å². The summed E-state index contributed by atoms with van der Waals surface area (Å²) in [7, 11) is -4.64. The molecule has 8 heteroatoms. The third kappa shape index (κ3) is 3.05. The monoisotopic (exact) mass is 220 g/mol. The van der Waals surface area contributed by atoms with E-state index in [1.54, 1.807) is 0 Å². The summed E-state index contributed by atoms with van der Waals surface area (Å²) in [5, 5.41) is 10.2. The molecule has 0 aliphatic heterocycles. The number of nitro groups is 1. The highest BCUT2D eigenvalue weighted by Crippen LogP contribution is 2.11. The fourth-order valence-electron chi connectivity index (χ4n) is 0.787. The van der Waals surface area contributed by atoms with E-state index in [0.29, 0.717) is 0 Å². The molecule has 6 nitrogen and oxygen atoms in total. The molecule has 0 atom stereocenters. The van der Waals surface area contributed by atoms with Crippen molar-refractivity contribution in [3.8, 4) is 0 Å². The second-order valence-corrected chi connectivity index (χ2v) is 3.81. The van der Waals surface area contributed by atoms with Crippen LogP contribution in [0, 0.1) is 10.1 Å². The zero-order valence-corrected chi connectivity index (χ0v) is 7.57. The van der Waals surface area contributed by atoms with Gasteiger partial charge >= 0.3 is 10.2 Å². The molecule has 0 spiro atoms. The van der Waals surface area contributed by atoms with E-state index in [1.165, 1.54) is 0 Å². The van der Waals surface area contributed by atoms with E-state index in [2.05, 4.69) is 4.98 Å². The average molecular weight is 220 g/mol. The number of aromatic nitrogens is 1. The molecule has 0 unspecified atom stereocenters. The highest BCUT2D eigenvalue weighted by Gasteiger charge is 2.11. The molecule has 0 N–H and O–H groups in total. The van der Waals surface area contributed by atoms with Gasteiger partial charge in [-0.1, -0.05) is 0 Å². The Balaban J connectivity index is 2.90. The number of hydrogen-bond donors (Lipinski definition) is 0. The predicted molar refractivity (Wildman–Crippen MR) is 44.6 cm³/mol. The zero-order valence-electron chi connectivity index (χ0n) is 6.75. The van der Waals surface area contributed by atoms with E-state index in [4.69, 9.17) is 0 Å². The van der Waals surface area contributed by atoms with Crippen LogP contribution < -0.4 is 0 Å². The van der Waals surface area contributed by atoms with Crippen LogP contribution in [0.2, 0.25) is 0 Å². The Kier molecular flexibility index (Phi) is 2.75. The van der Waals surface area contributed by atoms with Crippen LogP contribution in [0.15, 0.2) is 18.3 Å². The second kappa shape index (κ2) is 3.66. The van der Waals surface area contributed by atoms with Crippen molar-refractivity contribution in [3.63, 3.8) is 0 Å². The molecule has 1 rings (SSSR count). The van der Waals surface area contributed by atoms with E-state index < -0.39 is 20.9 Å². The van der Waals surface area contributed by atoms with Crippen LogP contribution in [0.3, 0.4) is 0 Å². The number of nitrogens with zero attached hydrogens (tertiary/aromatic N) is 2. The van der Waals surface area contributed by atoms with Gasteiger partial charge < -0.3 is 0 Å². The predicted octanol–water partition coefficient (Wildman–Crippen LogP) is 0.789. The fourth-order valence-corrected chi connectivity index (χ4v) is 1.31. The van der Waals surface area contributed by atoms with E-state index in [9.17, 15) is 22.4 Å². The highest BCUT2D eigenvalue weighted by atomic mass is 32.3. The molecule has 1 heterocycles. The third-order valence-corrected chi connectivity index (χ3v) is 1.98. The molecule has 76 valence electrons. The Hall–Kier alpha value is -1.57. The summed E-state index contributed by atoms with van der Waals surface area (Å²) in [5.41, 5.74) is -0.344. The lowest BCUT2D eigenvalue weighted by Crippen LogP contribution is -1.99. The Labute approximate surface area is 78.8 Å².